The van der Waals surface area contributed by atoms with E-state index in [1.807, 2.05) is 19.1 Å². The SMILES string of the molecule is Cc1cc2cc(C(c3nnnn3Cc3ccc(F)cc3)N3CCC(C)CC3)c(=O)[nH]c2cc1C. The summed E-state index contributed by atoms with van der Waals surface area (Å²) in [6, 6.07) is 12.1. The van der Waals surface area contributed by atoms with E-state index in [1.54, 1.807) is 16.8 Å². The normalized spacial score (nSPS) is 16.2. The van der Waals surface area contributed by atoms with Crippen molar-refractivity contribution in [2.45, 2.75) is 46.2 Å². The van der Waals surface area contributed by atoms with Gasteiger partial charge in [-0.1, -0.05) is 19.1 Å². The lowest BCUT2D eigenvalue weighted by atomic mass is 9.95. The van der Waals surface area contributed by atoms with Crippen LogP contribution in [-0.4, -0.2) is 43.2 Å². The number of likely N-dealkylation sites (tertiary alicyclic amines) is 1. The second-order valence-electron chi connectivity index (χ2n) is 9.52. The zero-order chi connectivity index (χ0) is 23.8. The van der Waals surface area contributed by atoms with Crippen LogP contribution in [0.1, 0.15) is 53.9 Å². The number of nitrogens with one attached hydrogen (secondary N) is 1. The molecule has 0 spiro atoms. The van der Waals surface area contributed by atoms with Crippen LogP contribution in [0.2, 0.25) is 0 Å². The van der Waals surface area contributed by atoms with E-state index in [9.17, 15) is 9.18 Å². The molecule has 1 atom stereocenters. The lowest BCUT2D eigenvalue weighted by Gasteiger charge is -2.35. The second kappa shape index (κ2) is 9.10. The minimum Gasteiger partial charge on any atom is -0.322 e. The number of aromatic amines is 1. The number of hydrogen-bond donors (Lipinski definition) is 1. The molecular formula is C26H29FN6O. The molecule has 0 amide bonds. The smallest absolute Gasteiger partial charge is 0.253 e. The van der Waals surface area contributed by atoms with Gasteiger partial charge in [-0.2, -0.15) is 0 Å². The summed E-state index contributed by atoms with van der Waals surface area (Å²) in [5.74, 6) is 0.981. The fourth-order valence-electron chi connectivity index (χ4n) is 4.77. The summed E-state index contributed by atoms with van der Waals surface area (Å²) in [6.07, 6.45) is 2.11. The van der Waals surface area contributed by atoms with Gasteiger partial charge in [0.05, 0.1) is 6.54 Å². The molecule has 0 bridgehead atoms. The van der Waals surface area contributed by atoms with Gasteiger partial charge in [0.25, 0.3) is 5.56 Å². The van der Waals surface area contributed by atoms with E-state index in [0.29, 0.717) is 23.9 Å². The van der Waals surface area contributed by atoms with Gasteiger partial charge in [-0.25, -0.2) is 9.07 Å². The van der Waals surface area contributed by atoms with E-state index in [4.69, 9.17) is 0 Å². The number of benzene rings is 2. The molecule has 1 saturated heterocycles. The van der Waals surface area contributed by atoms with Gasteiger partial charge < -0.3 is 4.98 Å². The summed E-state index contributed by atoms with van der Waals surface area (Å²) in [4.78, 5) is 18.8. The molecule has 1 N–H and O–H groups in total. The molecule has 4 aromatic rings. The fraction of sp³-hybridized carbons (Fsp3) is 0.385. The molecule has 5 rings (SSSR count). The highest BCUT2D eigenvalue weighted by atomic mass is 19.1. The van der Waals surface area contributed by atoms with Gasteiger partial charge in [0.1, 0.15) is 11.9 Å². The van der Waals surface area contributed by atoms with Crippen molar-refractivity contribution < 1.29 is 4.39 Å². The van der Waals surface area contributed by atoms with Crippen molar-refractivity contribution in [1.82, 2.24) is 30.1 Å². The molecule has 0 saturated carbocycles. The summed E-state index contributed by atoms with van der Waals surface area (Å²) in [7, 11) is 0. The minimum atomic E-state index is -0.377. The Morgan fingerprint density at radius 3 is 2.53 bits per heavy atom. The van der Waals surface area contributed by atoms with Crippen LogP contribution in [-0.2, 0) is 6.54 Å². The van der Waals surface area contributed by atoms with E-state index >= 15 is 0 Å². The number of aryl methyl sites for hydroxylation is 2. The first kappa shape index (κ1) is 22.4. The fourth-order valence-corrected chi connectivity index (χ4v) is 4.77. The Balaban J connectivity index is 1.61. The maximum absolute atomic E-state index is 13.4. The van der Waals surface area contributed by atoms with E-state index in [1.165, 1.54) is 17.7 Å². The van der Waals surface area contributed by atoms with Crippen molar-refractivity contribution in [3.05, 3.63) is 86.7 Å². The van der Waals surface area contributed by atoms with Crippen LogP contribution in [0.15, 0.2) is 47.3 Å². The van der Waals surface area contributed by atoms with E-state index in [2.05, 4.69) is 45.3 Å². The predicted octanol–water partition coefficient (Wildman–Crippen LogP) is 4.14. The molecule has 1 aliphatic rings. The molecule has 7 nitrogen and oxygen atoms in total. The van der Waals surface area contributed by atoms with Gasteiger partial charge in [0.2, 0.25) is 0 Å². The first-order valence-electron chi connectivity index (χ1n) is 11.8. The number of pyridine rings is 1. The van der Waals surface area contributed by atoms with Crippen molar-refractivity contribution >= 4 is 10.9 Å². The van der Waals surface area contributed by atoms with Crippen molar-refractivity contribution in [3.63, 3.8) is 0 Å². The largest absolute Gasteiger partial charge is 0.322 e. The highest BCUT2D eigenvalue weighted by Crippen LogP contribution is 2.31. The Hall–Kier alpha value is -3.39. The molecule has 1 aliphatic heterocycles. The molecule has 176 valence electrons. The lowest BCUT2D eigenvalue weighted by Crippen LogP contribution is -2.40. The predicted molar refractivity (Wildman–Crippen MR) is 129 cm³/mol. The molecular weight excluding hydrogens is 431 g/mol. The van der Waals surface area contributed by atoms with Crippen LogP contribution in [0.25, 0.3) is 10.9 Å². The summed E-state index contributed by atoms with van der Waals surface area (Å²) in [5, 5.41) is 13.6. The Morgan fingerprint density at radius 1 is 1.09 bits per heavy atom. The maximum Gasteiger partial charge on any atom is 0.253 e. The topological polar surface area (TPSA) is 79.7 Å². The molecule has 2 aromatic carbocycles. The number of aromatic nitrogens is 5. The van der Waals surface area contributed by atoms with Crippen LogP contribution in [0.3, 0.4) is 0 Å². The first-order valence-corrected chi connectivity index (χ1v) is 11.8. The Kier molecular flexibility index (Phi) is 6.00. The number of nitrogens with zero attached hydrogens (tertiary/aromatic N) is 5. The van der Waals surface area contributed by atoms with E-state index < -0.39 is 0 Å². The van der Waals surface area contributed by atoms with E-state index in [0.717, 1.165) is 48.0 Å². The zero-order valence-electron chi connectivity index (χ0n) is 19.8. The highest BCUT2D eigenvalue weighted by molar-refractivity contribution is 5.81. The summed E-state index contributed by atoms with van der Waals surface area (Å²) in [5.41, 5.74) is 4.54. The van der Waals surface area contributed by atoms with Gasteiger partial charge in [-0.15, -0.1) is 5.10 Å². The van der Waals surface area contributed by atoms with Crippen molar-refractivity contribution in [2.24, 2.45) is 5.92 Å². The number of tetrazole rings is 1. The second-order valence-corrected chi connectivity index (χ2v) is 9.52. The van der Waals surface area contributed by atoms with Crippen LogP contribution in [0.4, 0.5) is 4.39 Å². The monoisotopic (exact) mass is 460 g/mol. The van der Waals surface area contributed by atoms with E-state index in [-0.39, 0.29) is 17.4 Å². The number of H-pyrrole nitrogens is 1. The maximum atomic E-state index is 13.4. The Morgan fingerprint density at radius 2 is 1.79 bits per heavy atom. The molecule has 1 fully saturated rings. The minimum absolute atomic E-state index is 0.129. The molecule has 2 aromatic heterocycles. The van der Waals surface area contributed by atoms with Gasteiger partial charge in [-0.3, -0.25) is 9.69 Å². The first-order chi connectivity index (χ1) is 16.4. The third-order valence-electron chi connectivity index (χ3n) is 7.01. The zero-order valence-corrected chi connectivity index (χ0v) is 19.8. The van der Waals surface area contributed by atoms with Crippen LogP contribution >= 0.6 is 0 Å². The Bertz CT molecular complexity index is 1370. The third kappa shape index (κ3) is 4.37. The highest BCUT2D eigenvalue weighted by Gasteiger charge is 2.32. The van der Waals surface area contributed by atoms with Gasteiger partial charge in [-0.05, 0) is 109 Å². The Labute approximate surface area is 197 Å². The van der Waals surface area contributed by atoms with Crippen LogP contribution in [0.5, 0.6) is 0 Å². The summed E-state index contributed by atoms with van der Waals surface area (Å²) >= 11 is 0. The molecule has 1 unspecified atom stereocenters. The average molecular weight is 461 g/mol. The van der Waals surface area contributed by atoms with Crippen molar-refractivity contribution in [2.75, 3.05) is 13.1 Å². The molecule has 34 heavy (non-hydrogen) atoms. The van der Waals surface area contributed by atoms with Crippen LogP contribution < -0.4 is 5.56 Å². The quantitative estimate of drug-likeness (QED) is 0.484. The standard InChI is InChI=1S/C26H29FN6O/c1-16-8-10-32(11-9-16)24(22-14-20-12-17(2)18(3)13-23(20)28-26(22)34)25-29-30-31-33(25)15-19-4-6-21(27)7-5-19/h4-7,12-14,16,24H,8-11,15H2,1-3H3,(H,28,34). The molecule has 3 heterocycles. The van der Waals surface area contributed by atoms with Crippen molar-refractivity contribution in [1.29, 1.82) is 0 Å². The number of piperidine rings is 1. The summed E-state index contributed by atoms with van der Waals surface area (Å²) < 4.78 is 15.1. The van der Waals surface area contributed by atoms with Crippen LogP contribution in [0, 0.1) is 25.6 Å². The average Bonchev–Trinajstić information content (AvgIpc) is 3.26. The summed E-state index contributed by atoms with van der Waals surface area (Å²) in [6.45, 7) is 8.50. The molecule has 0 radical (unpaired) electrons. The number of hydrogen-bond acceptors (Lipinski definition) is 5. The molecule has 0 aliphatic carbocycles. The number of halogens is 1. The van der Waals surface area contributed by atoms with Crippen molar-refractivity contribution in [3.8, 4) is 0 Å². The lowest BCUT2D eigenvalue weighted by molar-refractivity contribution is 0.149. The van der Waals surface area contributed by atoms with Gasteiger partial charge in [0, 0.05) is 11.1 Å². The number of fused-ring (bicyclic) bond motifs is 1. The number of rotatable bonds is 5. The molecule has 8 heteroatoms. The van der Waals surface area contributed by atoms with Gasteiger partial charge in [0.15, 0.2) is 5.82 Å². The third-order valence-corrected chi connectivity index (χ3v) is 7.01. The van der Waals surface area contributed by atoms with Gasteiger partial charge >= 0.3 is 0 Å².